The molecule has 2 aromatic carbocycles. The molecule has 1 aliphatic heterocycles. The minimum Gasteiger partial charge on any atom is -0.494 e. The second-order valence-corrected chi connectivity index (χ2v) is 10.3. The zero-order valence-corrected chi connectivity index (χ0v) is 19.4. The molecule has 32 heavy (non-hydrogen) atoms. The molecule has 1 aromatic heterocycles. The van der Waals surface area contributed by atoms with E-state index in [0.717, 1.165) is 55.0 Å². The zero-order valence-electron chi connectivity index (χ0n) is 19.4. The number of rotatable bonds is 7. The molecule has 0 radical (unpaired) electrons. The summed E-state index contributed by atoms with van der Waals surface area (Å²) in [6.07, 6.45) is 3.78. The number of carbonyl (C=O) groups excluding carboxylic acids is 1. The van der Waals surface area contributed by atoms with Crippen LogP contribution < -0.4 is 4.74 Å². The van der Waals surface area contributed by atoms with Crippen molar-refractivity contribution < 1.29 is 9.53 Å². The lowest BCUT2D eigenvalue weighted by atomic mass is 9.87. The van der Waals surface area contributed by atoms with Crippen LogP contribution in [0.5, 0.6) is 5.75 Å². The maximum absolute atomic E-state index is 12.5. The first-order chi connectivity index (χ1) is 15.4. The number of likely N-dealkylation sites (tertiary alicyclic amines) is 1. The largest absolute Gasteiger partial charge is 0.494 e. The number of aromatic nitrogens is 2. The SMILES string of the molecule is CC(C)(C)c1ccc(OCCCn2c(C3CC(=O)N(C4CC4)C3)nc3ccccc32)cc1. The molecule has 2 heterocycles. The molecule has 1 unspecified atom stereocenters. The fraction of sp³-hybridized carbons (Fsp3) is 0.481. The predicted octanol–water partition coefficient (Wildman–Crippen LogP) is 5.28. The van der Waals surface area contributed by atoms with E-state index in [9.17, 15) is 4.79 Å². The number of hydrogen-bond acceptors (Lipinski definition) is 3. The summed E-state index contributed by atoms with van der Waals surface area (Å²) in [7, 11) is 0. The van der Waals surface area contributed by atoms with Gasteiger partial charge in [-0.3, -0.25) is 4.79 Å². The maximum atomic E-state index is 12.5. The van der Waals surface area contributed by atoms with Crippen LogP contribution in [-0.2, 0) is 16.8 Å². The average molecular weight is 432 g/mol. The second-order valence-electron chi connectivity index (χ2n) is 10.3. The molecule has 1 amide bonds. The van der Waals surface area contributed by atoms with Crippen molar-refractivity contribution in [2.45, 2.75) is 70.4 Å². The van der Waals surface area contributed by atoms with Crippen LogP contribution in [-0.4, -0.2) is 39.6 Å². The quantitative estimate of drug-likeness (QED) is 0.478. The molecule has 1 saturated heterocycles. The van der Waals surface area contributed by atoms with Crippen LogP contribution >= 0.6 is 0 Å². The van der Waals surface area contributed by atoms with E-state index in [2.05, 4.69) is 72.7 Å². The molecule has 1 aliphatic carbocycles. The fourth-order valence-corrected chi connectivity index (χ4v) is 4.75. The Hall–Kier alpha value is -2.82. The summed E-state index contributed by atoms with van der Waals surface area (Å²) in [6.45, 7) is 8.96. The number of fused-ring (bicyclic) bond motifs is 1. The zero-order chi connectivity index (χ0) is 22.3. The van der Waals surface area contributed by atoms with E-state index < -0.39 is 0 Å². The molecule has 0 N–H and O–H groups in total. The highest BCUT2D eigenvalue weighted by Gasteiger charge is 2.41. The van der Waals surface area contributed by atoms with Crippen molar-refractivity contribution in [3.05, 3.63) is 59.9 Å². The van der Waals surface area contributed by atoms with Gasteiger partial charge in [0.05, 0.1) is 17.6 Å². The molecule has 3 aromatic rings. The number of amides is 1. The third-order valence-corrected chi connectivity index (χ3v) is 6.71. The average Bonchev–Trinajstić information content (AvgIpc) is 3.44. The lowest BCUT2D eigenvalue weighted by Gasteiger charge is -2.19. The molecule has 2 fully saturated rings. The summed E-state index contributed by atoms with van der Waals surface area (Å²) >= 11 is 0. The van der Waals surface area contributed by atoms with Crippen molar-refractivity contribution in [3.8, 4) is 5.75 Å². The molecular formula is C27H33N3O2. The monoisotopic (exact) mass is 431 g/mol. The Bertz CT molecular complexity index is 1110. The minimum atomic E-state index is 0.147. The van der Waals surface area contributed by atoms with Crippen molar-refractivity contribution in [2.75, 3.05) is 13.2 Å². The van der Waals surface area contributed by atoms with Crippen molar-refractivity contribution in [1.82, 2.24) is 14.5 Å². The molecule has 1 atom stereocenters. The van der Waals surface area contributed by atoms with Gasteiger partial charge in [0.15, 0.2) is 0 Å². The van der Waals surface area contributed by atoms with Gasteiger partial charge in [-0.15, -0.1) is 0 Å². The highest BCUT2D eigenvalue weighted by Crippen LogP contribution is 2.37. The van der Waals surface area contributed by atoms with Crippen LogP contribution in [0, 0.1) is 0 Å². The van der Waals surface area contributed by atoms with Crippen LogP contribution in [0.15, 0.2) is 48.5 Å². The summed E-state index contributed by atoms with van der Waals surface area (Å²) in [4.78, 5) is 19.6. The Labute approximate surface area is 190 Å². The van der Waals surface area contributed by atoms with Crippen molar-refractivity contribution >= 4 is 16.9 Å². The van der Waals surface area contributed by atoms with Gasteiger partial charge in [-0.1, -0.05) is 45.0 Å². The van der Waals surface area contributed by atoms with E-state index in [1.165, 1.54) is 5.56 Å². The first-order valence-corrected chi connectivity index (χ1v) is 11.9. The minimum absolute atomic E-state index is 0.147. The lowest BCUT2D eigenvalue weighted by Crippen LogP contribution is -2.27. The van der Waals surface area contributed by atoms with Gasteiger partial charge in [0, 0.05) is 31.5 Å². The standard InChI is InChI=1S/C27H33N3O2/c1-27(2,3)20-9-13-22(14-10-20)32-16-6-15-29-24-8-5-4-7-23(24)28-26(29)19-17-25(31)30(18-19)21-11-12-21/h4-5,7-10,13-14,19,21H,6,11-12,15-18H2,1-3H3. The Morgan fingerprint density at radius 3 is 2.53 bits per heavy atom. The Balaban J connectivity index is 1.27. The Morgan fingerprint density at radius 2 is 1.81 bits per heavy atom. The van der Waals surface area contributed by atoms with E-state index in [-0.39, 0.29) is 17.2 Å². The highest BCUT2D eigenvalue weighted by molar-refractivity contribution is 5.81. The number of para-hydroxylation sites is 2. The van der Waals surface area contributed by atoms with Gasteiger partial charge >= 0.3 is 0 Å². The summed E-state index contributed by atoms with van der Waals surface area (Å²) in [5, 5.41) is 0. The van der Waals surface area contributed by atoms with Crippen LogP contribution in [0.2, 0.25) is 0 Å². The normalized spacial score (nSPS) is 19.2. The number of imidazole rings is 1. The van der Waals surface area contributed by atoms with Gasteiger partial charge in [0.1, 0.15) is 11.6 Å². The Kier molecular flexibility index (Phi) is 5.44. The van der Waals surface area contributed by atoms with Crippen molar-refractivity contribution in [3.63, 3.8) is 0 Å². The second kappa shape index (κ2) is 8.27. The number of ether oxygens (including phenoxy) is 1. The third-order valence-electron chi connectivity index (χ3n) is 6.71. The van der Waals surface area contributed by atoms with Gasteiger partial charge in [-0.2, -0.15) is 0 Å². The number of nitrogens with zero attached hydrogens (tertiary/aromatic N) is 3. The maximum Gasteiger partial charge on any atom is 0.223 e. The fourth-order valence-electron chi connectivity index (χ4n) is 4.75. The third kappa shape index (κ3) is 4.25. The van der Waals surface area contributed by atoms with Gasteiger partial charge < -0.3 is 14.2 Å². The lowest BCUT2D eigenvalue weighted by molar-refractivity contribution is -0.128. The van der Waals surface area contributed by atoms with Crippen LogP contribution in [0.25, 0.3) is 11.0 Å². The molecule has 1 saturated carbocycles. The summed E-state index contributed by atoms with van der Waals surface area (Å²) in [6, 6.07) is 17.2. The highest BCUT2D eigenvalue weighted by atomic mass is 16.5. The first-order valence-electron chi connectivity index (χ1n) is 11.9. The van der Waals surface area contributed by atoms with Crippen LogP contribution in [0.1, 0.15) is 63.8 Å². The van der Waals surface area contributed by atoms with Crippen LogP contribution in [0.4, 0.5) is 0 Å². The van der Waals surface area contributed by atoms with E-state index in [0.29, 0.717) is 19.1 Å². The summed E-state index contributed by atoms with van der Waals surface area (Å²) in [5.41, 5.74) is 3.62. The number of carbonyl (C=O) groups is 1. The van der Waals surface area contributed by atoms with E-state index in [4.69, 9.17) is 9.72 Å². The number of benzene rings is 2. The van der Waals surface area contributed by atoms with Crippen molar-refractivity contribution in [1.29, 1.82) is 0 Å². The first kappa shape index (κ1) is 21.0. The van der Waals surface area contributed by atoms with Crippen molar-refractivity contribution in [2.24, 2.45) is 0 Å². The van der Waals surface area contributed by atoms with E-state index >= 15 is 0 Å². The van der Waals surface area contributed by atoms with Crippen LogP contribution in [0.3, 0.4) is 0 Å². The van der Waals surface area contributed by atoms with Gasteiger partial charge in [-0.25, -0.2) is 4.98 Å². The van der Waals surface area contributed by atoms with E-state index in [1.54, 1.807) is 0 Å². The predicted molar refractivity (Wildman–Crippen MR) is 127 cm³/mol. The molecule has 5 nitrogen and oxygen atoms in total. The van der Waals surface area contributed by atoms with Gasteiger partial charge in [0.2, 0.25) is 5.91 Å². The van der Waals surface area contributed by atoms with Gasteiger partial charge in [-0.05, 0) is 54.5 Å². The molecule has 2 aliphatic rings. The Morgan fingerprint density at radius 1 is 1.06 bits per heavy atom. The molecule has 5 rings (SSSR count). The van der Waals surface area contributed by atoms with E-state index in [1.807, 2.05) is 6.07 Å². The summed E-state index contributed by atoms with van der Waals surface area (Å²) < 4.78 is 8.34. The van der Waals surface area contributed by atoms with Gasteiger partial charge in [0.25, 0.3) is 0 Å². The molecule has 5 heteroatoms. The summed E-state index contributed by atoms with van der Waals surface area (Å²) in [5.74, 6) is 2.44. The molecule has 0 spiro atoms. The molecular weight excluding hydrogens is 398 g/mol. The smallest absolute Gasteiger partial charge is 0.223 e. The molecule has 0 bridgehead atoms. The topological polar surface area (TPSA) is 47.4 Å². The molecule has 168 valence electrons. The number of aryl methyl sites for hydroxylation is 1. The number of hydrogen-bond donors (Lipinski definition) is 0.